The van der Waals surface area contributed by atoms with Gasteiger partial charge in [0.15, 0.2) is 4.67 Å². The lowest BCUT2D eigenvalue weighted by molar-refractivity contribution is 0.493. The summed E-state index contributed by atoms with van der Waals surface area (Å²) in [4.78, 5) is 9.38. The maximum absolute atomic E-state index is 9.38. The summed E-state index contributed by atoms with van der Waals surface area (Å²) in [5, 5.41) is 0.741. The summed E-state index contributed by atoms with van der Waals surface area (Å²) < 4.78 is -2.33. The Labute approximate surface area is 97.2 Å². The smallest absolute Gasteiger partial charge is 0.179 e. The van der Waals surface area contributed by atoms with Crippen LogP contribution in [0.5, 0.6) is 0 Å². The zero-order valence-electron chi connectivity index (χ0n) is 7.13. The molecule has 2 bridgehead atoms. The van der Waals surface area contributed by atoms with Gasteiger partial charge in [-0.1, -0.05) is 17.2 Å². The molecular formula is C7H13OPS4. The average Bonchev–Trinajstić information content (AvgIpc) is 2.58. The molecule has 2 aliphatic rings. The van der Waals surface area contributed by atoms with Crippen LogP contribution < -0.4 is 0 Å². The summed E-state index contributed by atoms with van der Waals surface area (Å²) in [6.07, 6.45) is 5.58. The zero-order chi connectivity index (χ0) is 9.47. The first kappa shape index (κ1) is 11.2. The molecule has 0 aromatic rings. The predicted molar refractivity (Wildman–Crippen MR) is 69.9 cm³/mol. The lowest BCUT2D eigenvalue weighted by Crippen LogP contribution is -2.10. The van der Waals surface area contributed by atoms with E-state index in [1.54, 1.807) is 10.8 Å². The van der Waals surface area contributed by atoms with Crippen molar-refractivity contribution in [3.63, 3.8) is 0 Å². The summed E-state index contributed by atoms with van der Waals surface area (Å²) in [5.41, 5.74) is 0. The molecule has 13 heavy (non-hydrogen) atoms. The van der Waals surface area contributed by atoms with Gasteiger partial charge in [0.1, 0.15) is 0 Å². The Hall–Kier alpha value is 1.66. The van der Waals surface area contributed by atoms with Crippen LogP contribution in [0.4, 0.5) is 0 Å². The molecule has 0 aromatic carbocycles. The maximum Gasteiger partial charge on any atom is 0.179 e. The summed E-state index contributed by atoms with van der Waals surface area (Å²) in [6.45, 7) is 0. The molecule has 2 saturated carbocycles. The van der Waals surface area contributed by atoms with E-state index >= 15 is 0 Å². The molecule has 2 rings (SSSR count). The topological polar surface area (TPSA) is 20.2 Å². The lowest BCUT2D eigenvalue weighted by Gasteiger charge is -2.20. The molecule has 2 aliphatic carbocycles. The molecule has 1 N–H and O–H groups in total. The minimum Gasteiger partial charge on any atom is -0.349 e. The van der Waals surface area contributed by atoms with Crippen molar-refractivity contribution in [3.8, 4) is 0 Å². The van der Waals surface area contributed by atoms with E-state index in [0.29, 0.717) is 0 Å². The first-order chi connectivity index (χ1) is 6.04. The van der Waals surface area contributed by atoms with E-state index in [4.69, 9.17) is 11.8 Å². The van der Waals surface area contributed by atoms with E-state index in [1.165, 1.54) is 36.1 Å². The SMILES string of the molecule is OP(=S)(S)SSC1CC2CCC1C2. The Bertz CT molecular complexity index is 241. The lowest BCUT2D eigenvalue weighted by atomic mass is 10.0. The van der Waals surface area contributed by atoms with Crippen LogP contribution in [0.2, 0.25) is 0 Å². The first-order valence-electron chi connectivity index (χ1n) is 4.45. The van der Waals surface area contributed by atoms with E-state index in [0.717, 1.165) is 17.1 Å². The molecule has 0 spiro atoms. The molecule has 1 nitrogen and oxygen atoms in total. The normalized spacial score (nSPS) is 42.2. The highest BCUT2D eigenvalue weighted by Gasteiger charge is 2.40. The van der Waals surface area contributed by atoms with Crippen LogP contribution >= 0.6 is 38.1 Å². The Morgan fingerprint density at radius 1 is 1.38 bits per heavy atom. The minimum atomic E-state index is -2.33. The molecule has 0 radical (unpaired) electrons. The van der Waals surface area contributed by atoms with Crippen LogP contribution in [0.25, 0.3) is 0 Å². The molecule has 6 heteroatoms. The summed E-state index contributed by atoms with van der Waals surface area (Å²) in [5.74, 6) is 1.87. The summed E-state index contributed by atoms with van der Waals surface area (Å²) >= 11 is 8.90. The Morgan fingerprint density at radius 3 is 2.62 bits per heavy atom. The second kappa shape index (κ2) is 4.26. The third-order valence-electron chi connectivity index (χ3n) is 2.94. The van der Waals surface area contributed by atoms with Crippen LogP contribution in [0.15, 0.2) is 0 Å². The van der Waals surface area contributed by atoms with Gasteiger partial charge in [-0.05, 0) is 53.3 Å². The van der Waals surface area contributed by atoms with E-state index in [9.17, 15) is 4.89 Å². The van der Waals surface area contributed by atoms with E-state index < -0.39 is 4.67 Å². The third-order valence-corrected chi connectivity index (χ3v) is 11.6. The molecule has 0 heterocycles. The van der Waals surface area contributed by atoms with Crippen LogP contribution in [0.3, 0.4) is 0 Å². The van der Waals surface area contributed by atoms with Crippen molar-refractivity contribution < 1.29 is 4.89 Å². The van der Waals surface area contributed by atoms with Gasteiger partial charge in [-0.3, -0.25) is 0 Å². The van der Waals surface area contributed by atoms with Gasteiger partial charge in [0, 0.05) is 5.25 Å². The Morgan fingerprint density at radius 2 is 2.15 bits per heavy atom. The van der Waals surface area contributed by atoms with Crippen molar-refractivity contribution in [2.75, 3.05) is 0 Å². The molecule has 76 valence electrons. The molecule has 0 aromatic heterocycles. The third kappa shape index (κ3) is 3.05. The highest BCUT2D eigenvalue weighted by atomic mass is 33.5. The van der Waals surface area contributed by atoms with Crippen molar-refractivity contribution in [2.24, 2.45) is 11.8 Å². The highest BCUT2D eigenvalue weighted by Crippen LogP contribution is 2.67. The fourth-order valence-corrected chi connectivity index (χ4v) is 8.76. The molecule has 0 aliphatic heterocycles. The van der Waals surface area contributed by atoms with Gasteiger partial charge in [-0.2, -0.15) is 0 Å². The quantitative estimate of drug-likeness (QED) is 0.464. The van der Waals surface area contributed by atoms with Gasteiger partial charge < -0.3 is 4.89 Å². The standard InChI is InChI=1S/C7H13OPS4/c8-9(10,11)13-12-7-4-5-1-2-6(7)3-5/h5-7H,1-4H2,(H2,8,10,11). The number of rotatable bonds is 3. The average molecular weight is 272 g/mol. The van der Waals surface area contributed by atoms with Gasteiger partial charge >= 0.3 is 0 Å². The molecule has 4 unspecified atom stereocenters. The number of hydrogen-bond acceptors (Lipinski definition) is 3. The Kier molecular flexibility index (Phi) is 3.66. The minimum absolute atomic E-state index is 0.741. The van der Waals surface area contributed by atoms with Gasteiger partial charge in [-0.15, -0.1) is 12.2 Å². The molecule has 2 fully saturated rings. The first-order valence-corrected chi connectivity index (χ1v) is 11.2. The monoisotopic (exact) mass is 272 g/mol. The second-order valence-corrected chi connectivity index (χ2v) is 15.4. The van der Waals surface area contributed by atoms with Gasteiger partial charge in [0.2, 0.25) is 0 Å². The largest absolute Gasteiger partial charge is 0.349 e. The van der Waals surface area contributed by atoms with Gasteiger partial charge in [0.05, 0.1) is 0 Å². The van der Waals surface area contributed by atoms with Crippen LogP contribution in [-0.2, 0) is 11.8 Å². The summed E-state index contributed by atoms with van der Waals surface area (Å²) in [7, 11) is 3.22. The van der Waals surface area contributed by atoms with Crippen LogP contribution in [0.1, 0.15) is 25.7 Å². The van der Waals surface area contributed by atoms with Crippen molar-refractivity contribution in [1.29, 1.82) is 0 Å². The highest BCUT2D eigenvalue weighted by molar-refractivity contribution is 9.15. The van der Waals surface area contributed by atoms with E-state index in [2.05, 4.69) is 12.2 Å². The number of fused-ring (bicyclic) bond motifs is 2. The van der Waals surface area contributed by atoms with Crippen molar-refractivity contribution >= 4 is 49.9 Å². The van der Waals surface area contributed by atoms with Crippen LogP contribution in [-0.4, -0.2) is 10.1 Å². The fourth-order valence-electron chi connectivity index (χ4n) is 2.42. The number of hydrogen-bond donors (Lipinski definition) is 2. The molecular weight excluding hydrogens is 259 g/mol. The maximum atomic E-state index is 9.38. The molecule has 0 amide bonds. The van der Waals surface area contributed by atoms with Crippen molar-refractivity contribution in [1.82, 2.24) is 0 Å². The number of thiol groups is 1. The molecule has 4 atom stereocenters. The predicted octanol–water partition coefficient (Wildman–Crippen LogP) is 3.70. The van der Waals surface area contributed by atoms with Gasteiger partial charge in [0.25, 0.3) is 0 Å². The molecule has 0 saturated heterocycles. The van der Waals surface area contributed by atoms with E-state index in [-0.39, 0.29) is 0 Å². The van der Waals surface area contributed by atoms with Gasteiger partial charge in [-0.25, -0.2) is 0 Å². The second-order valence-electron chi connectivity index (χ2n) is 3.87. The fraction of sp³-hybridized carbons (Fsp3) is 1.00. The Balaban J connectivity index is 1.81. The zero-order valence-corrected chi connectivity index (χ0v) is 11.4. The van der Waals surface area contributed by atoms with Crippen molar-refractivity contribution in [3.05, 3.63) is 0 Å². The van der Waals surface area contributed by atoms with Crippen LogP contribution in [0, 0.1) is 11.8 Å². The van der Waals surface area contributed by atoms with E-state index in [1.807, 2.05) is 0 Å². The summed E-state index contributed by atoms with van der Waals surface area (Å²) in [6, 6.07) is 0. The van der Waals surface area contributed by atoms with Crippen molar-refractivity contribution in [2.45, 2.75) is 30.9 Å².